The van der Waals surface area contributed by atoms with E-state index in [1.54, 1.807) is 6.92 Å². The summed E-state index contributed by atoms with van der Waals surface area (Å²) in [6, 6.07) is 5.31. The Labute approximate surface area is 101 Å². The molecule has 1 aliphatic rings. The molecule has 17 heavy (non-hydrogen) atoms. The van der Waals surface area contributed by atoms with Gasteiger partial charge in [-0.3, -0.25) is 0 Å². The number of anilines is 1. The van der Waals surface area contributed by atoms with Gasteiger partial charge in [0.25, 0.3) is 0 Å². The van der Waals surface area contributed by atoms with E-state index >= 15 is 0 Å². The van der Waals surface area contributed by atoms with E-state index in [9.17, 15) is 4.79 Å². The standard InChI is InChI=1S/C13H17NO3/c1-8-4-5-12-11(6-8)14(7-9(2)17-12)10(3)13(15)16/h4-6,9-10H,7H2,1-3H3,(H,15,16). The second kappa shape index (κ2) is 4.28. The molecular formula is C13H17NO3. The summed E-state index contributed by atoms with van der Waals surface area (Å²) in [6.07, 6.45) is 0.00649. The summed E-state index contributed by atoms with van der Waals surface area (Å²) in [7, 11) is 0. The van der Waals surface area contributed by atoms with Crippen molar-refractivity contribution in [3.8, 4) is 5.75 Å². The van der Waals surface area contributed by atoms with Crippen LogP contribution in [-0.4, -0.2) is 29.8 Å². The van der Waals surface area contributed by atoms with E-state index in [1.807, 2.05) is 36.9 Å². The Morgan fingerprint density at radius 1 is 1.59 bits per heavy atom. The summed E-state index contributed by atoms with van der Waals surface area (Å²) in [5, 5.41) is 9.13. The van der Waals surface area contributed by atoms with Crippen molar-refractivity contribution in [2.45, 2.75) is 32.9 Å². The molecule has 0 spiro atoms. The van der Waals surface area contributed by atoms with E-state index in [1.165, 1.54) is 0 Å². The molecule has 0 saturated heterocycles. The largest absolute Gasteiger partial charge is 0.487 e. The predicted octanol–water partition coefficient (Wildman–Crippen LogP) is 2.06. The molecule has 0 fully saturated rings. The average Bonchev–Trinajstić information content (AvgIpc) is 2.27. The van der Waals surface area contributed by atoms with Crippen molar-refractivity contribution in [3.63, 3.8) is 0 Å². The van der Waals surface area contributed by atoms with Gasteiger partial charge in [-0.1, -0.05) is 6.07 Å². The van der Waals surface area contributed by atoms with Crippen LogP contribution in [0.4, 0.5) is 5.69 Å². The van der Waals surface area contributed by atoms with Crippen molar-refractivity contribution in [3.05, 3.63) is 23.8 Å². The number of aryl methyl sites for hydroxylation is 1. The summed E-state index contributed by atoms with van der Waals surface area (Å²) in [5.41, 5.74) is 1.97. The van der Waals surface area contributed by atoms with Crippen LogP contribution in [0.3, 0.4) is 0 Å². The molecule has 1 aromatic carbocycles. The SMILES string of the molecule is Cc1ccc2c(c1)N(C(C)C(=O)O)CC(C)O2. The van der Waals surface area contributed by atoms with Gasteiger partial charge in [0.1, 0.15) is 17.9 Å². The lowest BCUT2D eigenvalue weighted by molar-refractivity contribution is -0.138. The number of benzene rings is 1. The topological polar surface area (TPSA) is 49.8 Å². The van der Waals surface area contributed by atoms with Crippen molar-refractivity contribution >= 4 is 11.7 Å². The van der Waals surface area contributed by atoms with Crippen LogP contribution in [0.1, 0.15) is 19.4 Å². The molecule has 4 nitrogen and oxygen atoms in total. The maximum absolute atomic E-state index is 11.1. The quantitative estimate of drug-likeness (QED) is 0.852. The fourth-order valence-electron chi connectivity index (χ4n) is 2.08. The zero-order chi connectivity index (χ0) is 12.6. The lowest BCUT2D eigenvalue weighted by Crippen LogP contribution is -2.46. The van der Waals surface area contributed by atoms with Crippen molar-refractivity contribution in [1.29, 1.82) is 0 Å². The molecule has 0 aromatic heterocycles. The van der Waals surface area contributed by atoms with Crippen LogP contribution in [0.15, 0.2) is 18.2 Å². The van der Waals surface area contributed by atoms with Gasteiger partial charge in [0.05, 0.1) is 12.2 Å². The number of ether oxygens (including phenoxy) is 1. The Hall–Kier alpha value is -1.71. The van der Waals surface area contributed by atoms with Crippen molar-refractivity contribution in [1.82, 2.24) is 0 Å². The van der Waals surface area contributed by atoms with Gasteiger partial charge >= 0.3 is 5.97 Å². The molecule has 2 atom stereocenters. The highest BCUT2D eigenvalue weighted by molar-refractivity contribution is 5.79. The number of hydrogen-bond donors (Lipinski definition) is 1. The van der Waals surface area contributed by atoms with Crippen LogP contribution in [-0.2, 0) is 4.79 Å². The van der Waals surface area contributed by atoms with Gasteiger partial charge < -0.3 is 14.7 Å². The Morgan fingerprint density at radius 2 is 2.29 bits per heavy atom. The molecule has 1 aromatic rings. The third-order valence-electron chi connectivity index (χ3n) is 3.03. The fourth-order valence-corrected chi connectivity index (χ4v) is 2.08. The molecule has 4 heteroatoms. The molecular weight excluding hydrogens is 218 g/mol. The number of nitrogens with zero attached hydrogens (tertiary/aromatic N) is 1. The molecule has 2 unspecified atom stereocenters. The fraction of sp³-hybridized carbons (Fsp3) is 0.462. The zero-order valence-electron chi connectivity index (χ0n) is 10.3. The van der Waals surface area contributed by atoms with Crippen LogP contribution in [0.25, 0.3) is 0 Å². The Kier molecular flexibility index (Phi) is 2.96. The number of aliphatic carboxylic acids is 1. The van der Waals surface area contributed by atoms with Crippen LogP contribution in [0.5, 0.6) is 5.75 Å². The summed E-state index contributed by atoms with van der Waals surface area (Å²) >= 11 is 0. The van der Waals surface area contributed by atoms with Gasteiger partial charge in [0.2, 0.25) is 0 Å². The average molecular weight is 235 g/mol. The first-order valence-electron chi connectivity index (χ1n) is 5.76. The van der Waals surface area contributed by atoms with Crippen LogP contribution in [0, 0.1) is 6.92 Å². The predicted molar refractivity (Wildman–Crippen MR) is 65.7 cm³/mol. The summed E-state index contributed by atoms with van der Waals surface area (Å²) in [5.74, 6) is -0.0472. The smallest absolute Gasteiger partial charge is 0.326 e. The number of rotatable bonds is 2. The highest BCUT2D eigenvalue weighted by Gasteiger charge is 2.29. The highest BCUT2D eigenvalue weighted by atomic mass is 16.5. The number of carboxylic acid groups (broad SMARTS) is 1. The molecule has 0 radical (unpaired) electrons. The van der Waals surface area contributed by atoms with Gasteiger partial charge in [0.15, 0.2) is 0 Å². The molecule has 1 N–H and O–H groups in total. The third-order valence-corrected chi connectivity index (χ3v) is 3.03. The van der Waals surface area contributed by atoms with E-state index in [4.69, 9.17) is 9.84 Å². The number of hydrogen-bond acceptors (Lipinski definition) is 3. The Bertz CT molecular complexity index is 444. The Balaban J connectivity index is 2.42. The minimum Gasteiger partial charge on any atom is -0.487 e. The van der Waals surface area contributed by atoms with E-state index in [0.717, 1.165) is 17.0 Å². The Morgan fingerprint density at radius 3 is 2.94 bits per heavy atom. The molecule has 0 aliphatic carbocycles. The van der Waals surface area contributed by atoms with E-state index < -0.39 is 12.0 Å². The van der Waals surface area contributed by atoms with E-state index in [0.29, 0.717) is 6.54 Å². The highest BCUT2D eigenvalue weighted by Crippen LogP contribution is 2.35. The maximum Gasteiger partial charge on any atom is 0.326 e. The molecule has 0 amide bonds. The number of carboxylic acids is 1. The minimum absolute atomic E-state index is 0.00649. The molecule has 0 bridgehead atoms. The van der Waals surface area contributed by atoms with Crippen LogP contribution >= 0.6 is 0 Å². The van der Waals surface area contributed by atoms with Crippen LogP contribution < -0.4 is 9.64 Å². The zero-order valence-corrected chi connectivity index (χ0v) is 10.3. The summed E-state index contributed by atoms with van der Waals surface area (Å²) < 4.78 is 5.71. The molecule has 92 valence electrons. The van der Waals surface area contributed by atoms with E-state index in [-0.39, 0.29) is 6.10 Å². The van der Waals surface area contributed by atoms with Gasteiger partial charge in [0, 0.05) is 0 Å². The minimum atomic E-state index is -0.813. The third kappa shape index (κ3) is 2.20. The normalized spacial score (nSPS) is 20.4. The summed E-state index contributed by atoms with van der Waals surface area (Å²) in [4.78, 5) is 13.0. The van der Waals surface area contributed by atoms with Crippen molar-refractivity contribution in [2.75, 3.05) is 11.4 Å². The number of fused-ring (bicyclic) bond motifs is 1. The first kappa shape index (κ1) is 11.8. The first-order chi connectivity index (χ1) is 7.99. The number of carbonyl (C=O) groups is 1. The monoisotopic (exact) mass is 235 g/mol. The molecule has 1 heterocycles. The molecule has 0 saturated carbocycles. The molecule has 1 aliphatic heterocycles. The van der Waals surface area contributed by atoms with Crippen molar-refractivity contribution < 1.29 is 14.6 Å². The second-order valence-electron chi connectivity index (χ2n) is 4.57. The van der Waals surface area contributed by atoms with E-state index in [2.05, 4.69) is 0 Å². The summed E-state index contributed by atoms with van der Waals surface area (Å²) in [6.45, 7) is 6.24. The van der Waals surface area contributed by atoms with Crippen LogP contribution in [0.2, 0.25) is 0 Å². The van der Waals surface area contributed by atoms with Gasteiger partial charge in [-0.2, -0.15) is 0 Å². The van der Waals surface area contributed by atoms with Gasteiger partial charge in [-0.15, -0.1) is 0 Å². The van der Waals surface area contributed by atoms with Gasteiger partial charge in [-0.25, -0.2) is 4.79 Å². The van der Waals surface area contributed by atoms with Crippen molar-refractivity contribution in [2.24, 2.45) is 0 Å². The van der Waals surface area contributed by atoms with Gasteiger partial charge in [-0.05, 0) is 38.5 Å². The first-order valence-corrected chi connectivity index (χ1v) is 5.76. The maximum atomic E-state index is 11.1. The molecule has 2 rings (SSSR count). The lowest BCUT2D eigenvalue weighted by Gasteiger charge is -2.37. The second-order valence-corrected chi connectivity index (χ2v) is 4.57. The lowest BCUT2D eigenvalue weighted by atomic mass is 10.1.